The molecule has 0 bridgehead atoms. The van der Waals surface area contributed by atoms with Crippen LogP contribution in [0.25, 0.3) is 0 Å². The van der Waals surface area contributed by atoms with Gasteiger partial charge in [-0.3, -0.25) is 9.59 Å². The smallest absolute Gasteiger partial charge is 0.250 e. The highest BCUT2D eigenvalue weighted by Crippen LogP contribution is 2.10. The minimum absolute atomic E-state index is 0.105. The maximum absolute atomic E-state index is 11.9. The van der Waals surface area contributed by atoms with E-state index in [2.05, 4.69) is 28.2 Å². The van der Waals surface area contributed by atoms with E-state index < -0.39 is 0 Å². The molecule has 0 saturated carbocycles. The summed E-state index contributed by atoms with van der Waals surface area (Å²) in [5, 5.41) is 2.83. The predicted molar refractivity (Wildman–Crippen MR) is 87.5 cm³/mol. The fourth-order valence-corrected chi connectivity index (χ4v) is 2.33. The Bertz CT molecular complexity index is 677. The van der Waals surface area contributed by atoms with Crippen molar-refractivity contribution in [3.63, 3.8) is 0 Å². The van der Waals surface area contributed by atoms with Crippen LogP contribution >= 0.6 is 15.9 Å². The fourth-order valence-electron chi connectivity index (χ4n) is 1.95. The molecule has 0 aliphatic rings. The lowest BCUT2D eigenvalue weighted by Gasteiger charge is -2.08. The van der Waals surface area contributed by atoms with Crippen molar-refractivity contribution in [1.29, 1.82) is 0 Å². The van der Waals surface area contributed by atoms with E-state index in [1.807, 2.05) is 24.3 Å². The molecule has 1 aromatic heterocycles. The Labute approximate surface area is 131 Å². The normalized spacial score (nSPS) is 10.4. The van der Waals surface area contributed by atoms with Crippen LogP contribution in [0.4, 0.5) is 5.69 Å². The third-order valence-electron chi connectivity index (χ3n) is 3.17. The average molecular weight is 349 g/mol. The summed E-state index contributed by atoms with van der Waals surface area (Å²) in [4.78, 5) is 23.5. The van der Waals surface area contributed by atoms with E-state index in [4.69, 9.17) is 0 Å². The van der Waals surface area contributed by atoms with Gasteiger partial charge in [0.05, 0.1) is 0 Å². The van der Waals surface area contributed by atoms with Crippen LogP contribution in [0.1, 0.15) is 18.9 Å². The van der Waals surface area contributed by atoms with Gasteiger partial charge in [-0.15, -0.1) is 0 Å². The van der Waals surface area contributed by atoms with Crippen molar-refractivity contribution in [3.05, 3.63) is 63.0 Å². The molecular weight excluding hydrogens is 332 g/mol. The number of nitrogens with one attached hydrogen (secondary N) is 1. The Balaban J connectivity index is 1.92. The zero-order chi connectivity index (χ0) is 15.2. The molecular formula is C16H17BrN2O2. The van der Waals surface area contributed by atoms with Gasteiger partial charge in [-0.1, -0.05) is 19.1 Å². The molecule has 2 rings (SSSR count). The number of carbonyl (C=O) groups is 1. The summed E-state index contributed by atoms with van der Waals surface area (Å²) >= 11 is 3.31. The zero-order valence-electron chi connectivity index (χ0n) is 11.8. The molecule has 0 spiro atoms. The van der Waals surface area contributed by atoms with Gasteiger partial charge in [0, 0.05) is 35.4 Å². The molecule has 0 aliphatic carbocycles. The van der Waals surface area contributed by atoms with Crippen molar-refractivity contribution < 1.29 is 4.79 Å². The standard InChI is InChI=1S/C16H17BrN2O2/c1-2-12-3-6-14(7-4-12)18-15(20)9-10-19-11-13(17)5-8-16(19)21/h3-8,11H,2,9-10H2,1H3,(H,18,20). The summed E-state index contributed by atoms with van der Waals surface area (Å²) in [6, 6.07) is 10.9. The summed E-state index contributed by atoms with van der Waals surface area (Å²) in [6.45, 7) is 2.44. The number of aromatic nitrogens is 1. The lowest BCUT2D eigenvalue weighted by Crippen LogP contribution is -2.22. The lowest BCUT2D eigenvalue weighted by molar-refractivity contribution is -0.116. The molecule has 0 atom stereocenters. The van der Waals surface area contributed by atoms with Gasteiger partial charge in [0.15, 0.2) is 0 Å². The number of halogens is 1. The Kier molecular flexibility index (Phi) is 5.33. The second kappa shape index (κ2) is 7.22. The fraction of sp³-hybridized carbons (Fsp3) is 0.250. The summed E-state index contributed by atoms with van der Waals surface area (Å²) < 4.78 is 2.33. The number of hydrogen-bond donors (Lipinski definition) is 1. The second-order valence-electron chi connectivity index (χ2n) is 4.73. The number of amides is 1. The van der Waals surface area contributed by atoms with Crippen LogP contribution in [0.3, 0.4) is 0 Å². The average Bonchev–Trinajstić information content (AvgIpc) is 2.49. The van der Waals surface area contributed by atoms with E-state index in [1.54, 1.807) is 12.3 Å². The van der Waals surface area contributed by atoms with Gasteiger partial charge in [-0.05, 0) is 46.1 Å². The number of aryl methyl sites for hydroxylation is 2. The number of rotatable bonds is 5. The third-order valence-corrected chi connectivity index (χ3v) is 3.64. The van der Waals surface area contributed by atoms with Crippen molar-refractivity contribution in [2.24, 2.45) is 0 Å². The molecule has 1 heterocycles. The molecule has 1 N–H and O–H groups in total. The largest absolute Gasteiger partial charge is 0.326 e. The topological polar surface area (TPSA) is 51.1 Å². The van der Waals surface area contributed by atoms with Gasteiger partial charge in [0.25, 0.3) is 5.56 Å². The Morgan fingerprint density at radius 3 is 2.57 bits per heavy atom. The second-order valence-corrected chi connectivity index (χ2v) is 5.64. The van der Waals surface area contributed by atoms with Gasteiger partial charge >= 0.3 is 0 Å². The van der Waals surface area contributed by atoms with Crippen LogP contribution in [0.2, 0.25) is 0 Å². The number of nitrogens with zero attached hydrogens (tertiary/aromatic N) is 1. The summed E-state index contributed by atoms with van der Waals surface area (Å²) in [6.07, 6.45) is 2.91. The van der Waals surface area contributed by atoms with E-state index in [1.165, 1.54) is 16.2 Å². The molecule has 1 amide bonds. The van der Waals surface area contributed by atoms with Crippen LogP contribution in [-0.4, -0.2) is 10.5 Å². The lowest BCUT2D eigenvalue weighted by atomic mass is 10.1. The molecule has 110 valence electrons. The molecule has 0 radical (unpaired) electrons. The van der Waals surface area contributed by atoms with E-state index in [0.717, 1.165) is 16.6 Å². The molecule has 0 unspecified atom stereocenters. The van der Waals surface area contributed by atoms with Crippen LogP contribution in [0.15, 0.2) is 51.9 Å². The van der Waals surface area contributed by atoms with E-state index in [-0.39, 0.29) is 17.9 Å². The van der Waals surface area contributed by atoms with Crippen LogP contribution in [0.5, 0.6) is 0 Å². The summed E-state index contributed by atoms with van der Waals surface area (Å²) in [5.41, 5.74) is 1.89. The van der Waals surface area contributed by atoms with Gasteiger partial charge in [-0.2, -0.15) is 0 Å². The molecule has 5 heteroatoms. The van der Waals surface area contributed by atoms with Gasteiger partial charge < -0.3 is 9.88 Å². The zero-order valence-corrected chi connectivity index (χ0v) is 13.4. The first-order chi connectivity index (χ1) is 10.1. The van der Waals surface area contributed by atoms with E-state index in [9.17, 15) is 9.59 Å². The van der Waals surface area contributed by atoms with Crippen molar-refractivity contribution >= 4 is 27.5 Å². The summed E-state index contributed by atoms with van der Waals surface area (Å²) in [5.74, 6) is -0.105. The van der Waals surface area contributed by atoms with Gasteiger partial charge in [0.1, 0.15) is 0 Å². The third kappa shape index (κ3) is 4.56. The van der Waals surface area contributed by atoms with Crippen molar-refractivity contribution in [2.75, 3.05) is 5.32 Å². The predicted octanol–water partition coefficient (Wildman–Crippen LogP) is 3.20. The van der Waals surface area contributed by atoms with Crippen LogP contribution in [0, 0.1) is 0 Å². The highest BCUT2D eigenvalue weighted by atomic mass is 79.9. The number of hydrogen-bond acceptors (Lipinski definition) is 2. The molecule has 0 fully saturated rings. The number of carbonyl (C=O) groups excluding carboxylic acids is 1. The number of anilines is 1. The van der Waals surface area contributed by atoms with Gasteiger partial charge in [-0.25, -0.2) is 0 Å². The van der Waals surface area contributed by atoms with Crippen molar-refractivity contribution in [1.82, 2.24) is 4.57 Å². The Hall–Kier alpha value is -1.88. The van der Waals surface area contributed by atoms with Crippen LogP contribution < -0.4 is 10.9 Å². The van der Waals surface area contributed by atoms with E-state index in [0.29, 0.717) is 6.54 Å². The maximum atomic E-state index is 11.9. The van der Waals surface area contributed by atoms with Crippen molar-refractivity contribution in [3.8, 4) is 0 Å². The first-order valence-corrected chi connectivity index (χ1v) is 7.62. The highest BCUT2D eigenvalue weighted by molar-refractivity contribution is 9.10. The number of benzene rings is 1. The van der Waals surface area contributed by atoms with Crippen molar-refractivity contribution in [2.45, 2.75) is 26.3 Å². The quantitative estimate of drug-likeness (QED) is 0.901. The first-order valence-electron chi connectivity index (χ1n) is 6.83. The van der Waals surface area contributed by atoms with Gasteiger partial charge in [0.2, 0.25) is 5.91 Å². The minimum Gasteiger partial charge on any atom is -0.326 e. The molecule has 1 aromatic carbocycles. The maximum Gasteiger partial charge on any atom is 0.250 e. The monoisotopic (exact) mass is 348 g/mol. The molecule has 21 heavy (non-hydrogen) atoms. The molecule has 0 saturated heterocycles. The molecule has 2 aromatic rings. The SMILES string of the molecule is CCc1ccc(NC(=O)CCn2cc(Br)ccc2=O)cc1. The highest BCUT2D eigenvalue weighted by Gasteiger charge is 2.04. The molecule has 0 aliphatic heterocycles. The summed E-state index contributed by atoms with van der Waals surface area (Å²) in [7, 11) is 0. The van der Waals surface area contributed by atoms with Crippen LogP contribution in [-0.2, 0) is 17.8 Å². The van der Waals surface area contributed by atoms with E-state index >= 15 is 0 Å². The Morgan fingerprint density at radius 1 is 1.19 bits per heavy atom. The number of pyridine rings is 1. The first kappa shape index (κ1) is 15.5. The molecule has 4 nitrogen and oxygen atoms in total. The minimum atomic E-state index is -0.113. The Morgan fingerprint density at radius 2 is 1.90 bits per heavy atom.